The molecule has 0 aromatic carbocycles. The van der Waals surface area contributed by atoms with E-state index in [2.05, 4.69) is 33.9 Å². The molecule has 0 N–H and O–H groups in total. The number of fused-ring (bicyclic) bond motifs is 1. The van der Waals surface area contributed by atoms with Crippen molar-refractivity contribution in [3.8, 4) is 0 Å². The zero-order valence-electron chi connectivity index (χ0n) is 15.7. The second kappa shape index (κ2) is 6.43. The minimum Gasteiger partial charge on any atom is -0.417 e. The first kappa shape index (κ1) is 18.8. The molecule has 2 aliphatic rings. The van der Waals surface area contributed by atoms with Gasteiger partial charge in [0.2, 0.25) is 0 Å². The molecule has 1 saturated carbocycles. The van der Waals surface area contributed by atoms with Gasteiger partial charge in [-0.1, -0.05) is 20.8 Å². The first-order chi connectivity index (χ1) is 10.6. The van der Waals surface area contributed by atoms with Crippen LogP contribution in [0.5, 0.6) is 0 Å². The van der Waals surface area contributed by atoms with E-state index in [1.54, 1.807) is 20.3 Å². The highest BCUT2D eigenvalue weighted by atomic mass is 28.4. The number of carbonyl (C=O) groups is 1. The highest BCUT2D eigenvalue weighted by Gasteiger charge is 2.50. The first-order valence-corrected chi connectivity index (χ1v) is 11.5. The second-order valence-corrected chi connectivity index (χ2v) is 13.2. The van der Waals surface area contributed by atoms with Gasteiger partial charge in [-0.3, -0.25) is 4.79 Å². The average Bonchev–Trinajstić information content (AvgIpc) is 2.82. The third-order valence-corrected chi connectivity index (χ3v) is 10.6. The number of rotatable bonds is 5. The standard InChI is InChI=1S/C18H32O4Si/c1-17(2,3)23(6,7)22-12-13-10-14(19)11-16-15(13)8-9-18(16,20-4)21-5/h11,13,15H,8-10,12H2,1-7H3. The maximum Gasteiger partial charge on any atom is 0.191 e. The van der Waals surface area contributed by atoms with Crippen molar-refractivity contribution in [1.29, 1.82) is 0 Å². The van der Waals surface area contributed by atoms with Gasteiger partial charge in [-0.2, -0.15) is 0 Å². The fraction of sp³-hybridized carbons (Fsp3) is 0.833. The molecule has 2 aliphatic carbocycles. The van der Waals surface area contributed by atoms with E-state index in [-0.39, 0.29) is 16.7 Å². The fourth-order valence-corrected chi connectivity index (χ4v) is 4.56. The van der Waals surface area contributed by atoms with Crippen molar-refractivity contribution in [3.63, 3.8) is 0 Å². The van der Waals surface area contributed by atoms with Gasteiger partial charge in [0.1, 0.15) is 0 Å². The molecule has 0 bridgehead atoms. The summed E-state index contributed by atoms with van der Waals surface area (Å²) in [5, 5.41) is 0.183. The molecule has 0 spiro atoms. The van der Waals surface area contributed by atoms with Gasteiger partial charge in [0, 0.05) is 33.7 Å². The lowest BCUT2D eigenvalue weighted by molar-refractivity contribution is -0.174. The van der Waals surface area contributed by atoms with Crippen LogP contribution in [0.1, 0.15) is 40.0 Å². The van der Waals surface area contributed by atoms with Gasteiger partial charge < -0.3 is 13.9 Å². The van der Waals surface area contributed by atoms with Gasteiger partial charge in [0.15, 0.2) is 19.9 Å². The third kappa shape index (κ3) is 3.48. The predicted molar refractivity (Wildman–Crippen MR) is 93.8 cm³/mol. The molecule has 1 fully saturated rings. The predicted octanol–water partition coefficient (Wildman–Crippen LogP) is 3.92. The summed E-state index contributed by atoms with van der Waals surface area (Å²) in [4.78, 5) is 12.2. The van der Waals surface area contributed by atoms with Crippen molar-refractivity contribution in [2.75, 3.05) is 20.8 Å². The van der Waals surface area contributed by atoms with Gasteiger partial charge in [0.05, 0.1) is 0 Å². The van der Waals surface area contributed by atoms with Crippen LogP contribution in [-0.4, -0.2) is 40.7 Å². The second-order valence-electron chi connectivity index (χ2n) is 8.41. The summed E-state index contributed by atoms with van der Waals surface area (Å²) in [6.45, 7) is 11.9. The van der Waals surface area contributed by atoms with Gasteiger partial charge in [-0.25, -0.2) is 0 Å². The largest absolute Gasteiger partial charge is 0.417 e. The van der Waals surface area contributed by atoms with Crippen molar-refractivity contribution in [1.82, 2.24) is 0 Å². The summed E-state index contributed by atoms with van der Waals surface area (Å²) in [6, 6.07) is 0. The Morgan fingerprint density at radius 2 is 1.87 bits per heavy atom. The molecule has 0 radical (unpaired) electrons. The smallest absolute Gasteiger partial charge is 0.191 e. The van der Waals surface area contributed by atoms with Gasteiger partial charge in [0.25, 0.3) is 0 Å². The fourth-order valence-electron chi connectivity index (χ4n) is 3.50. The summed E-state index contributed by atoms with van der Waals surface area (Å²) in [5.74, 6) is 0.0253. The van der Waals surface area contributed by atoms with E-state index in [0.717, 1.165) is 18.4 Å². The molecule has 0 saturated heterocycles. The number of hydrogen-bond donors (Lipinski definition) is 0. The lowest BCUT2D eigenvalue weighted by Gasteiger charge is -2.39. The minimum absolute atomic E-state index is 0.167. The number of hydrogen-bond acceptors (Lipinski definition) is 4. The Hall–Kier alpha value is -0.493. The molecule has 0 heterocycles. The summed E-state index contributed by atoms with van der Waals surface area (Å²) < 4.78 is 17.7. The molecule has 0 aromatic rings. The lowest BCUT2D eigenvalue weighted by Crippen LogP contribution is -2.43. The molecular formula is C18H32O4Si. The number of ether oxygens (including phenoxy) is 2. The topological polar surface area (TPSA) is 44.8 Å². The Morgan fingerprint density at radius 3 is 2.39 bits per heavy atom. The molecule has 132 valence electrons. The quantitative estimate of drug-likeness (QED) is 0.562. The molecule has 2 rings (SSSR count). The highest BCUT2D eigenvalue weighted by Crippen LogP contribution is 2.49. The van der Waals surface area contributed by atoms with Crippen LogP contribution in [0.4, 0.5) is 0 Å². The number of methoxy groups -OCH3 is 2. The van der Waals surface area contributed by atoms with Crippen LogP contribution in [0.3, 0.4) is 0 Å². The Labute approximate surface area is 141 Å². The SMILES string of the molecule is COC1(OC)CCC2C1=CC(=O)CC2CO[Si](C)(C)C(C)(C)C. The van der Waals surface area contributed by atoms with E-state index in [9.17, 15) is 4.79 Å². The minimum atomic E-state index is -1.80. The van der Waals surface area contributed by atoms with E-state index in [0.29, 0.717) is 18.9 Å². The summed E-state index contributed by atoms with van der Waals surface area (Å²) >= 11 is 0. The molecule has 0 aromatic heterocycles. The number of ketones is 1. The molecule has 5 heteroatoms. The van der Waals surface area contributed by atoms with E-state index in [1.807, 2.05) is 0 Å². The van der Waals surface area contributed by atoms with E-state index in [1.165, 1.54) is 0 Å². The zero-order chi connectivity index (χ0) is 17.5. The van der Waals surface area contributed by atoms with Crippen molar-refractivity contribution in [2.45, 2.75) is 64.0 Å². The molecule has 23 heavy (non-hydrogen) atoms. The lowest BCUT2D eigenvalue weighted by atomic mass is 9.79. The van der Waals surface area contributed by atoms with Crippen molar-refractivity contribution >= 4 is 14.1 Å². The van der Waals surface area contributed by atoms with E-state index in [4.69, 9.17) is 13.9 Å². The summed E-state index contributed by atoms with van der Waals surface area (Å²) in [7, 11) is 1.52. The van der Waals surface area contributed by atoms with Crippen LogP contribution in [0.25, 0.3) is 0 Å². The average molecular weight is 341 g/mol. The van der Waals surface area contributed by atoms with Crippen molar-refractivity contribution < 1.29 is 18.7 Å². The molecule has 0 amide bonds. The zero-order valence-corrected chi connectivity index (χ0v) is 16.7. The molecular weight excluding hydrogens is 308 g/mol. The van der Waals surface area contributed by atoms with Gasteiger partial charge >= 0.3 is 0 Å². The van der Waals surface area contributed by atoms with E-state index >= 15 is 0 Å². The maximum atomic E-state index is 12.2. The van der Waals surface area contributed by atoms with Crippen LogP contribution in [0.2, 0.25) is 18.1 Å². The number of carbonyl (C=O) groups excluding carboxylic acids is 1. The molecule has 2 atom stereocenters. The Bertz CT molecular complexity index is 486. The highest BCUT2D eigenvalue weighted by molar-refractivity contribution is 6.74. The third-order valence-electron chi connectivity index (χ3n) is 6.10. The van der Waals surface area contributed by atoms with Crippen LogP contribution < -0.4 is 0 Å². The summed E-state index contributed by atoms with van der Waals surface area (Å²) in [6.07, 6.45) is 4.13. The van der Waals surface area contributed by atoms with Crippen LogP contribution in [0.15, 0.2) is 11.6 Å². The van der Waals surface area contributed by atoms with Crippen LogP contribution in [-0.2, 0) is 18.7 Å². The van der Waals surface area contributed by atoms with Gasteiger partial charge in [-0.05, 0) is 48.0 Å². The van der Waals surface area contributed by atoms with Crippen molar-refractivity contribution in [3.05, 3.63) is 11.6 Å². The first-order valence-electron chi connectivity index (χ1n) is 8.55. The van der Waals surface area contributed by atoms with Crippen molar-refractivity contribution in [2.24, 2.45) is 11.8 Å². The van der Waals surface area contributed by atoms with Crippen LogP contribution in [0, 0.1) is 11.8 Å². The Balaban J connectivity index is 2.15. The number of allylic oxidation sites excluding steroid dienone is 1. The van der Waals surface area contributed by atoms with Gasteiger partial charge in [-0.15, -0.1) is 0 Å². The summed E-state index contributed by atoms with van der Waals surface area (Å²) in [5.41, 5.74) is 1.02. The van der Waals surface area contributed by atoms with Crippen LogP contribution >= 0.6 is 0 Å². The monoisotopic (exact) mass is 340 g/mol. The molecule has 0 aliphatic heterocycles. The molecule has 2 unspecified atom stereocenters. The Morgan fingerprint density at radius 1 is 1.26 bits per heavy atom. The van der Waals surface area contributed by atoms with E-state index < -0.39 is 14.1 Å². The molecule has 4 nitrogen and oxygen atoms in total. The Kier molecular flexibility index (Phi) is 5.27. The maximum absolute atomic E-state index is 12.2. The normalized spacial score (nSPS) is 27.8.